The average molecular weight is 405 g/mol. The lowest BCUT2D eigenvalue weighted by molar-refractivity contribution is -0.126. The lowest BCUT2D eigenvalue weighted by Crippen LogP contribution is -2.40. The maximum Gasteiger partial charge on any atom is 0.246 e. The molecule has 0 radical (unpaired) electrons. The molecule has 6 heteroatoms. The van der Waals surface area contributed by atoms with Crippen molar-refractivity contribution in [3.63, 3.8) is 0 Å². The van der Waals surface area contributed by atoms with Crippen molar-refractivity contribution in [2.24, 2.45) is 5.92 Å². The lowest BCUT2D eigenvalue weighted by Gasteiger charge is -2.31. The minimum atomic E-state index is 0.0400. The second-order valence-electron chi connectivity index (χ2n) is 8.14. The zero-order valence-electron chi connectivity index (χ0n) is 17.6. The maximum absolute atomic E-state index is 12.6. The van der Waals surface area contributed by atoms with E-state index in [1.807, 2.05) is 31.2 Å². The first-order chi connectivity index (χ1) is 14.6. The molecule has 1 saturated heterocycles. The lowest BCUT2D eigenvalue weighted by atomic mass is 9.95. The third-order valence-corrected chi connectivity index (χ3v) is 5.64. The van der Waals surface area contributed by atoms with Crippen LogP contribution in [0.3, 0.4) is 0 Å². The van der Waals surface area contributed by atoms with Gasteiger partial charge in [0.15, 0.2) is 0 Å². The van der Waals surface area contributed by atoms with E-state index in [4.69, 9.17) is 4.52 Å². The van der Waals surface area contributed by atoms with Gasteiger partial charge in [0.05, 0.1) is 6.54 Å². The molecule has 3 aromatic rings. The number of amides is 1. The van der Waals surface area contributed by atoms with Crippen molar-refractivity contribution in [2.45, 2.75) is 39.8 Å². The number of rotatable bonds is 6. The van der Waals surface area contributed by atoms with Gasteiger partial charge in [-0.05, 0) is 45.3 Å². The van der Waals surface area contributed by atoms with Crippen molar-refractivity contribution in [2.75, 3.05) is 13.1 Å². The highest BCUT2D eigenvalue weighted by atomic mass is 16.5. The maximum atomic E-state index is 12.6. The van der Waals surface area contributed by atoms with Crippen LogP contribution in [0, 0.1) is 19.8 Å². The van der Waals surface area contributed by atoms with E-state index in [1.54, 1.807) is 0 Å². The predicted octanol–water partition coefficient (Wildman–Crippen LogP) is 3.88. The number of piperidine rings is 1. The zero-order chi connectivity index (χ0) is 20.9. The summed E-state index contributed by atoms with van der Waals surface area (Å²) in [6.07, 6.45) is 1.74. The summed E-state index contributed by atoms with van der Waals surface area (Å²) >= 11 is 0. The van der Waals surface area contributed by atoms with Crippen LogP contribution < -0.4 is 5.32 Å². The number of aryl methyl sites for hydroxylation is 2. The minimum absolute atomic E-state index is 0.0400. The Kier molecular flexibility index (Phi) is 6.23. The highest BCUT2D eigenvalue weighted by Crippen LogP contribution is 2.20. The van der Waals surface area contributed by atoms with E-state index in [9.17, 15) is 4.79 Å². The Morgan fingerprint density at radius 3 is 2.60 bits per heavy atom. The molecule has 1 amide bonds. The molecule has 6 nitrogen and oxygen atoms in total. The second kappa shape index (κ2) is 9.22. The Labute approximate surface area is 177 Å². The largest absolute Gasteiger partial charge is 0.347 e. The van der Waals surface area contributed by atoms with Crippen molar-refractivity contribution in [3.05, 3.63) is 71.1 Å². The van der Waals surface area contributed by atoms with Crippen molar-refractivity contribution in [1.29, 1.82) is 0 Å². The van der Waals surface area contributed by atoms with E-state index in [0.29, 0.717) is 11.7 Å². The first-order valence-electron chi connectivity index (χ1n) is 10.5. The molecule has 0 bridgehead atoms. The van der Waals surface area contributed by atoms with Crippen molar-refractivity contribution in [1.82, 2.24) is 20.4 Å². The molecule has 4 rings (SSSR count). The van der Waals surface area contributed by atoms with Crippen molar-refractivity contribution >= 4 is 5.91 Å². The van der Waals surface area contributed by atoms with Gasteiger partial charge in [0.2, 0.25) is 17.6 Å². The Hall–Kier alpha value is -2.99. The topological polar surface area (TPSA) is 71.3 Å². The number of nitrogens with zero attached hydrogens (tertiary/aromatic N) is 3. The molecule has 0 unspecified atom stereocenters. The third-order valence-electron chi connectivity index (χ3n) is 5.64. The number of likely N-dealkylation sites (tertiary alicyclic amines) is 1. The van der Waals surface area contributed by atoms with Gasteiger partial charge in [-0.15, -0.1) is 0 Å². The summed E-state index contributed by atoms with van der Waals surface area (Å²) in [5.74, 6) is 1.08. The molecule has 0 aliphatic carbocycles. The van der Waals surface area contributed by atoms with Crippen LogP contribution in [-0.2, 0) is 17.9 Å². The predicted molar refractivity (Wildman–Crippen MR) is 115 cm³/mol. The molecule has 1 aromatic heterocycles. The molecule has 2 aromatic carbocycles. The first-order valence-corrected chi connectivity index (χ1v) is 10.5. The summed E-state index contributed by atoms with van der Waals surface area (Å²) in [5, 5.41) is 6.98. The van der Waals surface area contributed by atoms with Crippen molar-refractivity contribution < 1.29 is 9.32 Å². The van der Waals surface area contributed by atoms with Crippen molar-refractivity contribution in [3.8, 4) is 11.4 Å². The Morgan fingerprint density at radius 2 is 1.87 bits per heavy atom. The van der Waals surface area contributed by atoms with Gasteiger partial charge < -0.3 is 9.84 Å². The Morgan fingerprint density at radius 1 is 1.10 bits per heavy atom. The molecule has 30 heavy (non-hydrogen) atoms. The molecular weight excluding hydrogens is 376 g/mol. The van der Waals surface area contributed by atoms with Gasteiger partial charge in [-0.2, -0.15) is 4.98 Å². The summed E-state index contributed by atoms with van der Waals surface area (Å²) in [5.41, 5.74) is 4.70. The van der Waals surface area contributed by atoms with E-state index < -0.39 is 0 Å². The number of carbonyl (C=O) groups is 1. The number of hydrogen-bond donors (Lipinski definition) is 1. The van der Waals surface area contributed by atoms with E-state index in [1.165, 1.54) is 16.7 Å². The number of hydrogen-bond acceptors (Lipinski definition) is 5. The molecule has 2 heterocycles. The number of aromatic nitrogens is 2. The molecule has 1 N–H and O–H groups in total. The smallest absolute Gasteiger partial charge is 0.246 e. The van der Waals surface area contributed by atoms with Crippen LogP contribution in [0.4, 0.5) is 0 Å². The molecule has 1 fully saturated rings. The van der Waals surface area contributed by atoms with E-state index in [0.717, 1.165) is 38.0 Å². The van der Waals surface area contributed by atoms with Crippen LogP contribution in [0.1, 0.15) is 35.4 Å². The molecule has 0 spiro atoms. The van der Waals surface area contributed by atoms with Gasteiger partial charge in [0, 0.05) is 18.0 Å². The second-order valence-corrected chi connectivity index (χ2v) is 8.14. The molecule has 0 atom stereocenters. The Bertz CT molecular complexity index is 988. The third kappa shape index (κ3) is 5.13. The molecule has 156 valence electrons. The highest BCUT2D eigenvalue weighted by molar-refractivity contribution is 5.78. The minimum Gasteiger partial charge on any atom is -0.347 e. The van der Waals surface area contributed by atoms with Gasteiger partial charge in [-0.1, -0.05) is 64.8 Å². The highest BCUT2D eigenvalue weighted by Gasteiger charge is 2.25. The monoisotopic (exact) mass is 404 g/mol. The van der Waals surface area contributed by atoms with Crippen LogP contribution >= 0.6 is 0 Å². The summed E-state index contributed by atoms with van der Waals surface area (Å²) in [6.45, 7) is 7.23. The quantitative estimate of drug-likeness (QED) is 0.675. The van der Waals surface area contributed by atoms with Gasteiger partial charge in [0.25, 0.3) is 0 Å². The summed E-state index contributed by atoms with van der Waals surface area (Å²) in [4.78, 5) is 19.4. The molecule has 1 aliphatic heterocycles. The van der Waals surface area contributed by atoms with Crippen LogP contribution in [0.15, 0.2) is 53.1 Å². The van der Waals surface area contributed by atoms with Crippen LogP contribution in [0.25, 0.3) is 11.4 Å². The molecule has 0 saturated carbocycles. The summed E-state index contributed by atoms with van der Waals surface area (Å²) in [7, 11) is 0. The SMILES string of the molecule is Cc1ccc(-c2noc(CNC(=O)C3CCN(Cc4cccc(C)c4)CC3)n2)cc1. The Balaban J connectivity index is 1.24. The van der Waals surface area contributed by atoms with E-state index in [-0.39, 0.29) is 18.4 Å². The summed E-state index contributed by atoms with van der Waals surface area (Å²) in [6, 6.07) is 16.6. The number of nitrogens with one attached hydrogen (secondary N) is 1. The van der Waals surface area contributed by atoms with Gasteiger partial charge in [-0.3, -0.25) is 9.69 Å². The normalized spacial score (nSPS) is 15.3. The molecule has 1 aliphatic rings. The fourth-order valence-corrected chi connectivity index (χ4v) is 3.88. The molecular formula is C24H28N4O2. The zero-order valence-corrected chi connectivity index (χ0v) is 17.6. The van der Waals surface area contributed by atoms with E-state index >= 15 is 0 Å². The van der Waals surface area contributed by atoms with Crippen LogP contribution in [0.5, 0.6) is 0 Å². The van der Waals surface area contributed by atoms with Gasteiger partial charge in [-0.25, -0.2) is 0 Å². The number of carbonyl (C=O) groups excluding carboxylic acids is 1. The fraction of sp³-hybridized carbons (Fsp3) is 0.375. The first kappa shape index (κ1) is 20.3. The standard InChI is InChI=1S/C24H28N4O2/c1-17-6-8-20(9-7-17)23-26-22(30-27-23)15-25-24(29)21-10-12-28(13-11-21)16-19-5-3-4-18(2)14-19/h3-9,14,21H,10-13,15-16H2,1-2H3,(H,25,29). The number of benzene rings is 2. The average Bonchev–Trinajstić information content (AvgIpc) is 3.22. The van der Waals surface area contributed by atoms with Gasteiger partial charge in [0.1, 0.15) is 0 Å². The summed E-state index contributed by atoms with van der Waals surface area (Å²) < 4.78 is 5.30. The van der Waals surface area contributed by atoms with E-state index in [2.05, 4.69) is 51.5 Å². The van der Waals surface area contributed by atoms with Crippen LogP contribution in [-0.4, -0.2) is 34.0 Å². The van der Waals surface area contributed by atoms with Crippen LogP contribution in [0.2, 0.25) is 0 Å². The fourth-order valence-electron chi connectivity index (χ4n) is 3.88. The van der Waals surface area contributed by atoms with Gasteiger partial charge >= 0.3 is 0 Å².